The Balaban J connectivity index is 1.90. The Morgan fingerprint density at radius 1 is 1.21 bits per heavy atom. The monoisotopic (exact) mass is 320 g/mol. The Morgan fingerprint density at radius 3 is 2.46 bits per heavy atom. The molecule has 0 saturated carbocycles. The Labute approximate surface area is 142 Å². The van der Waals surface area contributed by atoms with E-state index in [0.717, 1.165) is 29.7 Å². The van der Waals surface area contributed by atoms with E-state index >= 15 is 0 Å². The first-order chi connectivity index (χ1) is 11.7. The zero-order valence-electron chi connectivity index (χ0n) is 13.8. The molecule has 122 valence electrons. The minimum atomic E-state index is -0.334. The fourth-order valence-electron chi connectivity index (χ4n) is 3.04. The Bertz CT molecular complexity index is 760. The van der Waals surface area contributed by atoms with Gasteiger partial charge in [0.1, 0.15) is 6.61 Å². The number of rotatable bonds is 6. The molecule has 4 nitrogen and oxygen atoms in total. The minimum Gasteiger partial charge on any atom is -0.458 e. The number of nitrogens with one attached hydrogen (secondary N) is 2. The highest BCUT2D eigenvalue weighted by molar-refractivity contribution is 6.74. The van der Waals surface area contributed by atoms with E-state index in [1.54, 1.807) is 12.2 Å². The second kappa shape index (κ2) is 7.26. The van der Waals surface area contributed by atoms with Gasteiger partial charge in [-0.3, -0.25) is 0 Å². The fourth-order valence-corrected chi connectivity index (χ4v) is 3.04. The number of carbonyl (C=O) groups excluding carboxylic acids is 1. The maximum absolute atomic E-state index is 12.0. The fraction of sp³-hybridized carbons (Fsp3) is 0.211. The van der Waals surface area contributed by atoms with E-state index in [9.17, 15) is 4.79 Å². The first-order valence-corrected chi connectivity index (χ1v) is 8.26. The van der Waals surface area contributed by atoms with Crippen LogP contribution >= 0.6 is 0 Å². The van der Waals surface area contributed by atoms with Crippen molar-refractivity contribution in [1.29, 1.82) is 0 Å². The number of esters is 1. The SMILES string of the molecule is C=CCOC(=O)/C=C(\CCC)B1Nc2cccc3cccc(c23)N1. The number of anilines is 2. The molecule has 0 unspecified atom stereocenters. The molecule has 0 spiro atoms. The van der Waals surface area contributed by atoms with Gasteiger partial charge in [0.05, 0.1) is 0 Å². The summed E-state index contributed by atoms with van der Waals surface area (Å²) in [6.07, 6.45) is 4.92. The van der Waals surface area contributed by atoms with E-state index < -0.39 is 0 Å². The topological polar surface area (TPSA) is 50.4 Å². The van der Waals surface area contributed by atoms with Crippen molar-refractivity contribution in [2.24, 2.45) is 0 Å². The van der Waals surface area contributed by atoms with E-state index in [-0.39, 0.29) is 19.6 Å². The summed E-state index contributed by atoms with van der Waals surface area (Å²) in [4.78, 5) is 12.0. The number of hydrogen-bond donors (Lipinski definition) is 2. The van der Waals surface area contributed by atoms with Crippen LogP contribution in [0.1, 0.15) is 19.8 Å². The molecule has 0 atom stereocenters. The van der Waals surface area contributed by atoms with Crippen LogP contribution in [0.2, 0.25) is 0 Å². The van der Waals surface area contributed by atoms with Gasteiger partial charge in [0.2, 0.25) is 0 Å². The van der Waals surface area contributed by atoms with Crippen molar-refractivity contribution in [2.75, 3.05) is 17.1 Å². The first kappa shape index (κ1) is 16.2. The van der Waals surface area contributed by atoms with Gasteiger partial charge in [0.25, 0.3) is 0 Å². The maximum atomic E-state index is 12.0. The molecule has 0 radical (unpaired) electrons. The van der Waals surface area contributed by atoms with Crippen molar-refractivity contribution in [3.63, 3.8) is 0 Å². The Hall–Kier alpha value is -2.69. The number of hydrogen-bond acceptors (Lipinski definition) is 4. The second-order valence-electron chi connectivity index (χ2n) is 5.82. The normalized spacial score (nSPS) is 13.2. The number of benzene rings is 2. The minimum absolute atomic E-state index is 0.123. The molecular formula is C19H21BN2O2. The quantitative estimate of drug-likeness (QED) is 0.363. The molecule has 0 aliphatic carbocycles. The summed E-state index contributed by atoms with van der Waals surface area (Å²) in [7, 11) is 0. The van der Waals surface area contributed by atoms with Gasteiger partial charge in [-0.1, -0.05) is 50.3 Å². The largest absolute Gasteiger partial charge is 0.458 e. The van der Waals surface area contributed by atoms with E-state index in [2.05, 4.69) is 48.2 Å². The summed E-state index contributed by atoms with van der Waals surface area (Å²) in [5.74, 6) is -0.334. The van der Waals surface area contributed by atoms with Crippen molar-refractivity contribution in [3.8, 4) is 0 Å². The van der Waals surface area contributed by atoms with Crippen LogP contribution in [-0.4, -0.2) is 19.6 Å². The summed E-state index contributed by atoms with van der Waals surface area (Å²) >= 11 is 0. The smallest absolute Gasteiger partial charge is 0.402 e. The lowest BCUT2D eigenvalue weighted by Crippen LogP contribution is -2.39. The van der Waals surface area contributed by atoms with Gasteiger partial charge in [-0.2, -0.15) is 0 Å². The molecule has 2 aromatic rings. The molecule has 2 N–H and O–H groups in total. The van der Waals surface area contributed by atoms with Crippen LogP contribution in [-0.2, 0) is 9.53 Å². The van der Waals surface area contributed by atoms with E-state index in [4.69, 9.17) is 4.74 Å². The highest BCUT2D eigenvalue weighted by atomic mass is 16.5. The number of ether oxygens (including phenoxy) is 1. The van der Waals surface area contributed by atoms with Gasteiger partial charge in [-0.15, -0.1) is 0 Å². The third-order valence-corrected chi connectivity index (χ3v) is 4.06. The van der Waals surface area contributed by atoms with Crippen molar-refractivity contribution < 1.29 is 9.53 Å². The summed E-state index contributed by atoms with van der Waals surface area (Å²) in [5.41, 5.74) is 3.14. The van der Waals surface area contributed by atoms with Gasteiger partial charge in [0.15, 0.2) is 0 Å². The number of allylic oxidation sites excluding steroid dienone is 1. The predicted octanol–water partition coefficient (Wildman–Crippen LogP) is 4.16. The van der Waals surface area contributed by atoms with Crippen molar-refractivity contribution in [2.45, 2.75) is 19.8 Å². The molecule has 3 rings (SSSR count). The van der Waals surface area contributed by atoms with Crippen LogP contribution < -0.4 is 10.5 Å². The molecule has 0 amide bonds. The van der Waals surface area contributed by atoms with Crippen molar-refractivity contribution in [1.82, 2.24) is 0 Å². The van der Waals surface area contributed by atoms with Crippen LogP contribution in [0.5, 0.6) is 0 Å². The summed E-state index contributed by atoms with van der Waals surface area (Å²) in [6, 6.07) is 12.4. The predicted molar refractivity (Wildman–Crippen MR) is 101 cm³/mol. The highest BCUT2D eigenvalue weighted by Gasteiger charge is 2.27. The van der Waals surface area contributed by atoms with E-state index in [1.165, 1.54) is 10.8 Å². The Morgan fingerprint density at radius 2 is 1.88 bits per heavy atom. The molecule has 0 fully saturated rings. The van der Waals surface area contributed by atoms with Crippen LogP contribution in [0.15, 0.2) is 60.6 Å². The summed E-state index contributed by atoms with van der Waals surface area (Å²) < 4.78 is 5.10. The molecule has 1 aliphatic heterocycles. The first-order valence-electron chi connectivity index (χ1n) is 8.26. The second-order valence-corrected chi connectivity index (χ2v) is 5.82. The van der Waals surface area contributed by atoms with Gasteiger partial charge >= 0.3 is 13.0 Å². The molecular weight excluding hydrogens is 299 g/mol. The lowest BCUT2D eigenvalue weighted by molar-refractivity contribution is -0.136. The van der Waals surface area contributed by atoms with Gasteiger partial charge in [0, 0.05) is 22.8 Å². The van der Waals surface area contributed by atoms with Crippen LogP contribution in [0, 0.1) is 0 Å². The van der Waals surface area contributed by atoms with Crippen molar-refractivity contribution >= 4 is 35.1 Å². The molecule has 24 heavy (non-hydrogen) atoms. The lowest BCUT2D eigenvalue weighted by Gasteiger charge is -2.28. The van der Waals surface area contributed by atoms with E-state index in [1.807, 2.05) is 12.1 Å². The maximum Gasteiger partial charge on any atom is 0.402 e. The molecule has 1 heterocycles. The summed E-state index contributed by atoms with van der Waals surface area (Å²) in [6.45, 7) is 5.76. The average Bonchev–Trinajstić information content (AvgIpc) is 2.60. The zero-order valence-corrected chi connectivity index (χ0v) is 13.8. The number of carbonyl (C=O) groups is 1. The third-order valence-electron chi connectivity index (χ3n) is 4.06. The standard InChI is InChI=1S/C19H21BN2O2/c1-3-7-15(13-18(23)24-12-4-2)20-21-16-10-5-8-14-9-6-11-17(22-20)19(14)16/h4-6,8-11,13,21-22H,2-3,7,12H2,1H3/b15-13+. The van der Waals surface area contributed by atoms with Crippen LogP contribution in [0.3, 0.4) is 0 Å². The van der Waals surface area contributed by atoms with Crippen LogP contribution in [0.4, 0.5) is 11.4 Å². The Kier molecular flexibility index (Phi) is 4.89. The molecule has 1 aliphatic rings. The molecule has 0 bridgehead atoms. The molecule has 0 saturated heterocycles. The van der Waals surface area contributed by atoms with Crippen LogP contribution in [0.25, 0.3) is 10.8 Å². The zero-order chi connectivity index (χ0) is 16.9. The van der Waals surface area contributed by atoms with E-state index in [0.29, 0.717) is 0 Å². The lowest BCUT2D eigenvalue weighted by atomic mass is 9.63. The van der Waals surface area contributed by atoms with Crippen molar-refractivity contribution in [3.05, 3.63) is 60.6 Å². The molecule has 5 heteroatoms. The van der Waals surface area contributed by atoms with Gasteiger partial charge in [-0.25, -0.2) is 4.79 Å². The highest BCUT2D eigenvalue weighted by Crippen LogP contribution is 2.35. The third kappa shape index (κ3) is 3.30. The molecule has 0 aromatic heterocycles. The van der Waals surface area contributed by atoms with Gasteiger partial charge in [-0.05, 0) is 29.4 Å². The molecule has 2 aromatic carbocycles. The van der Waals surface area contributed by atoms with Gasteiger partial charge < -0.3 is 15.2 Å². The summed E-state index contributed by atoms with van der Waals surface area (Å²) in [5, 5.41) is 9.37. The average molecular weight is 320 g/mol.